The third kappa shape index (κ3) is 3.20. The molecule has 1 fully saturated rings. The highest BCUT2D eigenvalue weighted by atomic mass is 19.1. The number of benzene rings is 1. The highest BCUT2D eigenvalue weighted by Crippen LogP contribution is 2.29. The maximum Gasteiger partial charge on any atom is 0.257 e. The zero-order chi connectivity index (χ0) is 17.2. The molecule has 3 heterocycles. The number of amides is 1. The van der Waals surface area contributed by atoms with E-state index in [1.54, 1.807) is 18.2 Å². The molecule has 1 aliphatic heterocycles. The lowest BCUT2D eigenvalue weighted by Crippen LogP contribution is -2.39. The number of furan rings is 1. The summed E-state index contributed by atoms with van der Waals surface area (Å²) in [6, 6.07) is 9.96. The van der Waals surface area contributed by atoms with Crippen molar-refractivity contribution in [3.8, 4) is 11.3 Å². The van der Waals surface area contributed by atoms with Crippen molar-refractivity contribution in [3.63, 3.8) is 0 Å². The van der Waals surface area contributed by atoms with Crippen LogP contribution < -0.4 is 0 Å². The van der Waals surface area contributed by atoms with E-state index in [4.69, 9.17) is 4.42 Å². The highest BCUT2D eigenvalue weighted by Gasteiger charge is 2.27. The van der Waals surface area contributed by atoms with Gasteiger partial charge in [0.25, 0.3) is 5.91 Å². The Morgan fingerprint density at radius 2 is 2.12 bits per heavy atom. The van der Waals surface area contributed by atoms with Gasteiger partial charge in [-0.25, -0.2) is 4.39 Å². The molecule has 1 aromatic carbocycles. The molecule has 0 aliphatic carbocycles. The molecule has 6 heteroatoms. The first-order valence-corrected chi connectivity index (χ1v) is 8.33. The monoisotopic (exact) mass is 339 g/mol. The molecular weight excluding hydrogens is 321 g/mol. The molecule has 1 amide bonds. The van der Waals surface area contributed by atoms with Crippen molar-refractivity contribution in [2.45, 2.75) is 18.8 Å². The average Bonchev–Trinajstić information content (AvgIpc) is 3.34. The lowest BCUT2D eigenvalue weighted by atomic mass is 9.94. The first kappa shape index (κ1) is 15.6. The Morgan fingerprint density at radius 1 is 1.28 bits per heavy atom. The number of carbonyl (C=O) groups excluding carboxylic acids is 1. The zero-order valence-electron chi connectivity index (χ0n) is 13.6. The molecule has 1 N–H and O–H groups in total. The second-order valence-electron chi connectivity index (χ2n) is 6.32. The van der Waals surface area contributed by atoms with E-state index in [0.29, 0.717) is 12.1 Å². The summed E-state index contributed by atoms with van der Waals surface area (Å²) in [6.07, 6.45) is 4.94. The topological polar surface area (TPSA) is 62.1 Å². The average molecular weight is 339 g/mol. The number of hydrogen-bond donors (Lipinski definition) is 1. The van der Waals surface area contributed by atoms with Gasteiger partial charge in [-0.15, -0.1) is 0 Å². The zero-order valence-corrected chi connectivity index (χ0v) is 13.6. The van der Waals surface area contributed by atoms with Crippen LogP contribution in [-0.4, -0.2) is 34.1 Å². The van der Waals surface area contributed by atoms with Gasteiger partial charge in [0.2, 0.25) is 0 Å². The fourth-order valence-corrected chi connectivity index (χ4v) is 3.30. The second kappa shape index (κ2) is 6.55. The van der Waals surface area contributed by atoms with Gasteiger partial charge < -0.3 is 9.32 Å². The van der Waals surface area contributed by atoms with Crippen LogP contribution in [0.15, 0.2) is 53.3 Å². The van der Waals surface area contributed by atoms with E-state index < -0.39 is 0 Å². The molecule has 0 bridgehead atoms. The summed E-state index contributed by atoms with van der Waals surface area (Å²) in [5, 5.41) is 7.43. The van der Waals surface area contributed by atoms with Crippen LogP contribution >= 0.6 is 0 Å². The molecule has 128 valence electrons. The van der Waals surface area contributed by atoms with E-state index in [-0.39, 0.29) is 17.6 Å². The molecule has 0 spiro atoms. The van der Waals surface area contributed by atoms with Crippen molar-refractivity contribution >= 4 is 5.91 Å². The number of carbonyl (C=O) groups is 1. The predicted octanol–water partition coefficient (Wildman–Crippen LogP) is 3.83. The second-order valence-corrected chi connectivity index (χ2v) is 6.32. The van der Waals surface area contributed by atoms with Gasteiger partial charge in [0.1, 0.15) is 12.1 Å². The van der Waals surface area contributed by atoms with Gasteiger partial charge in [0.15, 0.2) is 0 Å². The van der Waals surface area contributed by atoms with E-state index in [9.17, 15) is 9.18 Å². The lowest BCUT2D eigenvalue weighted by Gasteiger charge is -2.32. The number of hydrogen-bond acceptors (Lipinski definition) is 3. The molecule has 1 atom stereocenters. The molecule has 1 aliphatic rings. The van der Waals surface area contributed by atoms with Crippen molar-refractivity contribution in [1.82, 2.24) is 15.1 Å². The summed E-state index contributed by atoms with van der Waals surface area (Å²) in [5.74, 6) is -0.0526. The number of nitrogens with one attached hydrogen (secondary N) is 1. The van der Waals surface area contributed by atoms with Gasteiger partial charge in [-0.2, -0.15) is 5.10 Å². The largest absolute Gasteiger partial charge is 0.472 e. The fourth-order valence-electron chi connectivity index (χ4n) is 3.30. The fraction of sp³-hybridized carbons (Fsp3) is 0.263. The molecule has 0 radical (unpaired) electrons. The van der Waals surface area contributed by atoms with Gasteiger partial charge in [0, 0.05) is 30.3 Å². The number of aromatic amines is 1. The Labute approximate surface area is 144 Å². The SMILES string of the molecule is O=C(c1ccoc1)N1CCC[C@@H](c2cc(-c3ccc(F)cc3)n[nH]2)C1. The maximum absolute atomic E-state index is 13.1. The molecule has 25 heavy (non-hydrogen) atoms. The Hall–Kier alpha value is -2.89. The Morgan fingerprint density at radius 3 is 2.88 bits per heavy atom. The maximum atomic E-state index is 13.1. The van der Waals surface area contributed by atoms with Crippen LogP contribution in [0.5, 0.6) is 0 Å². The lowest BCUT2D eigenvalue weighted by molar-refractivity contribution is 0.0705. The Kier molecular flexibility index (Phi) is 4.09. The van der Waals surface area contributed by atoms with Crippen molar-refractivity contribution in [1.29, 1.82) is 0 Å². The quantitative estimate of drug-likeness (QED) is 0.789. The minimum absolute atomic E-state index is 0.00303. The summed E-state index contributed by atoms with van der Waals surface area (Å²) in [6.45, 7) is 1.40. The Balaban J connectivity index is 1.50. The summed E-state index contributed by atoms with van der Waals surface area (Å²) in [5.41, 5.74) is 3.24. The molecule has 0 saturated carbocycles. The van der Waals surface area contributed by atoms with Gasteiger partial charge >= 0.3 is 0 Å². The highest BCUT2D eigenvalue weighted by molar-refractivity contribution is 5.93. The summed E-state index contributed by atoms with van der Waals surface area (Å²) < 4.78 is 18.1. The van der Waals surface area contributed by atoms with Crippen LogP contribution in [0, 0.1) is 5.82 Å². The molecule has 5 nitrogen and oxygen atoms in total. The minimum atomic E-state index is -0.264. The van der Waals surface area contributed by atoms with E-state index in [0.717, 1.165) is 36.3 Å². The first-order valence-electron chi connectivity index (χ1n) is 8.33. The predicted molar refractivity (Wildman–Crippen MR) is 90.6 cm³/mol. The third-order valence-corrected chi connectivity index (χ3v) is 4.65. The number of aromatic nitrogens is 2. The molecule has 1 saturated heterocycles. The van der Waals surface area contributed by atoms with E-state index in [1.165, 1.54) is 24.7 Å². The van der Waals surface area contributed by atoms with Gasteiger partial charge in [-0.05, 0) is 49.2 Å². The van der Waals surface area contributed by atoms with Crippen LogP contribution in [0.1, 0.15) is 34.8 Å². The van der Waals surface area contributed by atoms with Crippen molar-refractivity contribution in [2.75, 3.05) is 13.1 Å². The van der Waals surface area contributed by atoms with Crippen LogP contribution in [0.4, 0.5) is 4.39 Å². The van der Waals surface area contributed by atoms with Crippen molar-refractivity contribution in [3.05, 3.63) is 66.0 Å². The molecule has 2 aromatic heterocycles. The molecule has 3 aromatic rings. The van der Waals surface area contributed by atoms with E-state index in [1.807, 2.05) is 11.0 Å². The van der Waals surface area contributed by atoms with Crippen LogP contribution in [0.25, 0.3) is 11.3 Å². The van der Waals surface area contributed by atoms with Gasteiger partial charge in [-0.1, -0.05) is 0 Å². The Bertz CT molecular complexity index is 855. The molecule has 4 rings (SSSR count). The number of H-pyrrole nitrogens is 1. The molecule has 0 unspecified atom stereocenters. The smallest absolute Gasteiger partial charge is 0.257 e. The van der Waals surface area contributed by atoms with Crippen LogP contribution in [0.2, 0.25) is 0 Å². The minimum Gasteiger partial charge on any atom is -0.472 e. The summed E-state index contributed by atoms with van der Waals surface area (Å²) in [7, 11) is 0. The van der Waals surface area contributed by atoms with Crippen LogP contribution in [0.3, 0.4) is 0 Å². The number of likely N-dealkylation sites (tertiary alicyclic amines) is 1. The number of halogens is 1. The van der Waals surface area contributed by atoms with Gasteiger partial charge in [-0.3, -0.25) is 9.89 Å². The van der Waals surface area contributed by atoms with Crippen molar-refractivity contribution in [2.24, 2.45) is 0 Å². The number of rotatable bonds is 3. The standard InChI is InChI=1S/C19H18FN3O2/c20-16-5-3-13(4-6-16)17-10-18(22-21-17)14-2-1-8-23(11-14)19(24)15-7-9-25-12-15/h3-7,9-10,12,14H,1-2,8,11H2,(H,21,22)/t14-/m1/s1. The number of nitrogens with zero attached hydrogens (tertiary/aromatic N) is 2. The third-order valence-electron chi connectivity index (χ3n) is 4.65. The van der Waals surface area contributed by atoms with E-state index >= 15 is 0 Å². The normalized spacial score (nSPS) is 17.6. The van der Waals surface area contributed by atoms with Gasteiger partial charge in [0.05, 0.1) is 17.5 Å². The first-order chi connectivity index (χ1) is 12.2. The van der Waals surface area contributed by atoms with Crippen molar-refractivity contribution < 1.29 is 13.6 Å². The summed E-state index contributed by atoms with van der Waals surface area (Å²) in [4.78, 5) is 14.4. The molecular formula is C19H18FN3O2. The van der Waals surface area contributed by atoms with Crippen LogP contribution in [-0.2, 0) is 0 Å². The number of piperidine rings is 1. The van der Waals surface area contributed by atoms with E-state index in [2.05, 4.69) is 10.2 Å². The summed E-state index contributed by atoms with van der Waals surface area (Å²) >= 11 is 0.